The molecule has 0 aliphatic carbocycles. The van der Waals surface area contributed by atoms with Crippen LogP contribution in [-0.2, 0) is 13.1 Å². The van der Waals surface area contributed by atoms with Gasteiger partial charge in [-0.2, -0.15) is 0 Å². The lowest BCUT2D eigenvalue weighted by molar-refractivity contribution is 0.536. The van der Waals surface area contributed by atoms with Crippen molar-refractivity contribution in [3.8, 4) is 0 Å². The Morgan fingerprint density at radius 2 is 2.05 bits per heavy atom. The van der Waals surface area contributed by atoms with Crippen molar-refractivity contribution in [2.75, 3.05) is 6.54 Å². The van der Waals surface area contributed by atoms with Crippen LogP contribution in [0, 0.1) is 5.92 Å². The Morgan fingerprint density at radius 3 is 2.75 bits per heavy atom. The molecule has 1 aromatic carbocycles. The fraction of sp³-hybridized carbons (Fsp3) is 0.444. The first-order chi connectivity index (χ1) is 9.58. The molecule has 0 spiro atoms. The molecule has 0 bridgehead atoms. The molecule has 2 heteroatoms. The molecule has 1 aromatic heterocycles. The van der Waals surface area contributed by atoms with Crippen molar-refractivity contribution in [2.45, 2.75) is 40.3 Å². The predicted octanol–water partition coefficient (Wildman–Crippen LogP) is 4.35. The highest BCUT2D eigenvalue weighted by Crippen LogP contribution is 2.21. The predicted molar refractivity (Wildman–Crippen MR) is 87.9 cm³/mol. The van der Waals surface area contributed by atoms with E-state index in [0.717, 1.165) is 26.1 Å². The summed E-state index contributed by atoms with van der Waals surface area (Å²) in [7, 11) is 0. The van der Waals surface area contributed by atoms with Gasteiger partial charge in [0, 0.05) is 24.3 Å². The van der Waals surface area contributed by atoms with Gasteiger partial charge in [-0.1, -0.05) is 37.6 Å². The van der Waals surface area contributed by atoms with Crippen LogP contribution in [0.15, 0.2) is 42.5 Å². The Morgan fingerprint density at radius 1 is 1.30 bits per heavy atom. The standard InChI is InChI=1S/C18H26N2/c1-14(2)9-10-20-17(13-19-12-15(3)4)11-16-7-5-6-8-18(16)20/h5-8,11,15,19H,1,9-10,12-13H2,2-4H3. The van der Waals surface area contributed by atoms with Crippen molar-refractivity contribution in [1.82, 2.24) is 9.88 Å². The number of aromatic nitrogens is 1. The zero-order valence-electron chi connectivity index (χ0n) is 12.9. The zero-order chi connectivity index (χ0) is 14.5. The lowest BCUT2D eigenvalue weighted by atomic mass is 10.2. The Kier molecular flexibility index (Phi) is 5.02. The number of aryl methyl sites for hydroxylation is 1. The molecular weight excluding hydrogens is 244 g/mol. The highest BCUT2D eigenvalue weighted by molar-refractivity contribution is 5.81. The summed E-state index contributed by atoms with van der Waals surface area (Å²) >= 11 is 0. The minimum atomic E-state index is 0.684. The molecular formula is C18H26N2. The van der Waals surface area contributed by atoms with Crippen molar-refractivity contribution in [2.24, 2.45) is 5.92 Å². The zero-order valence-corrected chi connectivity index (χ0v) is 12.9. The highest BCUT2D eigenvalue weighted by Gasteiger charge is 2.08. The van der Waals surface area contributed by atoms with E-state index >= 15 is 0 Å². The number of nitrogens with one attached hydrogen (secondary N) is 1. The van der Waals surface area contributed by atoms with E-state index in [2.05, 4.69) is 67.6 Å². The van der Waals surface area contributed by atoms with Crippen LogP contribution in [0.2, 0.25) is 0 Å². The number of rotatable bonds is 7. The molecule has 0 aliphatic heterocycles. The fourth-order valence-electron chi connectivity index (χ4n) is 2.47. The van der Waals surface area contributed by atoms with Gasteiger partial charge in [0.05, 0.1) is 0 Å². The molecule has 2 rings (SSSR count). The molecule has 2 nitrogen and oxygen atoms in total. The van der Waals surface area contributed by atoms with Crippen LogP contribution >= 0.6 is 0 Å². The quantitative estimate of drug-likeness (QED) is 0.740. The average molecular weight is 270 g/mol. The minimum absolute atomic E-state index is 0.684. The molecule has 1 heterocycles. The summed E-state index contributed by atoms with van der Waals surface area (Å²) in [5.41, 5.74) is 3.94. The van der Waals surface area contributed by atoms with Crippen LogP contribution in [0.25, 0.3) is 10.9 Å². The van der Waals surface area contributed by atoms with Crippen LogP contribution in [0.3, 0.4) is 0 Å². The van der Waals surface area contributed by atoms with Gasteiger partial charge in [0.25, 0.3) is 0 Å². The summed E-state index contributed by atoms with van der Waals surface area (Å²) in [4.78, 5) is 0. The first-order valence-corrected chi connectivity index (χ1v) is 7.50. The summed E-state index contributed by atoms with van der Waals surface area (Å²) < 4.78 is 2.43. The van der Waals surface area contributed by atoms with E-state index in [4.69, 9.17) is 0 Å². The molecule has 0 aliphatic rings. The number of allylic oxidation sites excluding steroid dienone is 1. The molecule has 108 valence electrons. The molecule has 0 amide bonds. The maximum Gasteiger partial charge on any atom is 0.0483 e. The van der Waals surface area contributed by atoms with Gasteiger partial charge in [0.15, 0.2) is 0 Å². The molecule has 2 aromatic rings. The number of para-hydroxylation sites is 1. The first-order valence-electron chi connectivity index (χ1n) is 7.50. The van der Waals surface area contributed by atoms with Gasteiger partial charge in [-0.25, -0.2) is 0 Å². The highest BCUT2D eigenvalue weighted by atomic mass is 15.0. The Hall–Kier alpha value is -1.54. The second-order valence-corrected chi connectivity index (χ2v) is 6.08. The third-order valence-electron chi connectivity index (χ3n) is 3.52. The number of hydrogen-bond acceptors (Lipinski definition) is 1. The Balaban J connectivity index is 2.21. The Labute approximate surface area is 122 Å². The van der Waals surface area contributed by atoms with E-state index in [0.29, 0.717) is 5.92 Å². The largest absolute Gasteiger partial charge is 0.343 e. The average Bonchev–Trinajstić information content (AvgIpc) is 2.73. The van der Waals surface area contributed by atoms with Crippen LogP contribution in [0.1, 0.15) is 32.9 Å². The minimum Gasteiger partial charge on any atom is -0.343 e. The topological polar surface area (TPSA) is 17.0 Å². The van der Waals surface area contributed by atoms with Gasteiger partial charge in [-0.3, -0.25) is 0 Å². The Bertz CT molecular complexity index is 578. The van der Waals surface area contributed by atoms with E-state index in [1.165, 1.54) is 22.2 Å². The summed E-state index contributed by atoms with van der Waals surface area (Å²) in [5.74, 6) is 0.684. The number of hydrogen-bond donors (Lipinski definition) is 1. The third-order valence-corrected chi connectivity index (χ3v) is 3.52. The van der Waals surface area contributed by atoms with E-state index in [1.54, 1.807) is 0 Å². The van der Waals surface area contributed by atoms with E-state index < -0.39 is 0 Å². The van der Waals surface area contributed by atoms with Crippen molar-refractivity contribution in [1.29, 1.82) is 0 Å². The lowest BCUT2D eigenvalue weighted by Gasteiger charge is -2.12. The molecule has 0 saturated heterocycles. The van der Waals surface area contributed by atoms with Crippen molar-refractivity contribution < 1.29 is 0 Å². The van der Waals surface area contributed by atoms with Crippen LogP contribution < -0.4 is 5.32 Å². The van der Waals surface area contributed by atoms with E-state index in [1.807, 2.05) is 0 Å². The lowest BCUT2D eigenvalue weighted by Crippen LogP contribution is -2.21. The molecule has 0 radical (unpaired) electrons. The fourth-order valence-corrected chi connectivity index (χ4v) is 2.47. The van der Waals surface area contributed by atoms with Gasteiger partial charge in [0.2, 0.25) is 0 Å². The first kappa shape index (κ1) is 14.9. The maximum atomic E-state index is 4.02. The maximum absolute atomic E-state index is 4.02. The third kappa shape index (κ3) is 3.73. The normalized spacial score (nSPS) is 11.4. The number of nitrogens with zero attached hydrogens (tertiary/aromatic N) is 1. The summed E-state index contributed by atoms with van der Waals surface area (Å²) in [6.45, 7) is 13.6. The van der Waals surface area contributed by atoms with Crippen LogP contribution in [0.4, 0.5) is 0 Å². The van der Waals surface area contributed by atoms with Gasteiger partial charge < -0.3 is 9.88 Å². The second-order valence-electron chi connectivity index (χ2n) is 6.08. The van der Waals surface area contributed by atoms with E-state index in [-0.39, 0.29) is 0 Å². The molecule has 0 unspecified atom stereocenters. The van der Waals surface area contributed by atoms with E-state index in [9.17, 15) is 0 Å². The summed E-state index contributed by atoms with van der Waals surface area (Å²) in [5, 5.41) is 4.88. The van der Waals surface area contributed by atoms with Crippen molar-refractivity contribution in [3.05, 3.63) is 48.2 Å². The number of benzene rings is 1. The molecule has 0 saturated carbocycles. The number of fused-ring (bicyclic) bond motifs is 1. The monoisotopic (exact) mass is 270 g/mol. The second kappa shape index (κ2) is 6.76. The van der Waals surface area contributed by atoms with Crippen LogP contribution in [-0.4, -0.2) is 11.1 Å². The van der Waals surface area contributed by atoms with Gasteiger partial charge in [0.1, 0.15) is 0 Å². The van der Waals surface area contributed by atoms with Gasteiger partial charge >= 0.3 is 0 Å². The van der Waals surface area contributed by atoms with Crippen molar-refractivity contribution >= 4 is 10.9 Å². The van der Waals surface area contributed by atoms with Crippen LogP contribution in [0.5, 0.6) is 0 Å². The smallest absolute Gasteiger partial charge is 0.0483 e. The molecule has 20 heavy (non-hydrogen) atoms. The van der Waals surface area contributed by atoms with Crippen molar-refractivity contribution in [3.63, 3.8) is 0 Å². The molecule has 0 atom stereocenters. The van der Waals surface area contributed by atoms with Gasteiger partial charge in [-0.05, 0) is 43.3 Å². The molecule has 1 N–H and O–H groups in total. The molecule has 0 fully saturated rings. The summed E-state index contributed by atoms with van der Waals surface area (Å²) in [6, 6.07) is 10.9. The van der Waals surface area contributed by atoms with Gasteiger partial charge in [-0.15, -0.1) is 6.58 Å². The summed E-state index contributed by atoms with van der Waals surface area (Å²) in [6.07, 6.45) is 1.04. The SMILES string of the molecule is C=C(C)CCn1c(CNCC(C)C)cc2ccccc21.